The Balaban J connectivity index is 1.51. The average molecular weight is 439 g/mol. The maximum absolute atomic E-state index is 13.2. The number of piperidine rings is 1. The fraction of sp³-hybridized carbons (Fsp3) is 0.227. The standard InChI is InChI=1S/C22H21N3O5S/c26-22(23-19-8-3-9-20(14-19)25(27)28)18-7-4-12-24(15-18)31(29,30)21-11-10-16-5-1-2-6-17(16)13-21/h1-3,5-6,8-11,13-14,18H,4,7,12,15H2,(H,23,26)/t18-/m0/s1. The molecule has 3 aromatic rings. The quantitative estimate of drug-likeness (QED) is 0.480. The minimum absolute atomic E-state index is 0.0654. The van der Waals surface area contributed by atoms with Crippen molar-refractivity contribution < 1.29 is 18.1 Å². The van der Waals surface area contributed by atoms with Crippen LogP contribution in [0.2, 0.25) is 0 Å². The van der Waals surface area contributed by atoms with Crippen molar-refractivity contribution in [1.29, 1.82) is 0 Å². The number of nitro groups is 1. The van der Waals surface area contributed by atoms with Gasteiger partial charge in [0.05, 0.1) is 15.7 Å². The van der Waals surface area contributed by atoms with Gasteiger partial charge < -0.3 is 5.32 Å². The summed E-state index contributed by atoms with van der Waals surface area (Å²) in [6.45, 7) is 0.408. The number of fused-ring (bicyclic) bond motifs is 1. The van der Waals surface area contributed by atoms with Crippen molar-refractivity contribution in [3.8, 4) is 0 Å². The molecule has 9 heteroatoms. The van der Waals surface area contributed by atoms with Crippen LogP contribution >= 0.6 is 0 Å². The molecule has 1 aliphatic rings. The second kappa shape index (κ2) is 8.44. The van der Waals surface area contributed by atoms with Crippen molar-refractivity contribution in [3.05, 3.63) is 76.8 Å². The number of carbonyl (C=O) groups is 1. The first-order chi connectivity index (χ1) is 14.8. The summed E-state index contributed by atoms with van der Waals surface area (Å²) in [6, 6.07) is 18.2. The van der Waals surface area contributed by atoms with Crippen LogP contribution in [-0.4, -0.2) is 36.6 Å². The van der Waals surface area contributed by atoms with Gasteiger partial charge in [0, 0.05) is 30.9 Å². The molecule has 0 saturated carbocycles. The third-order valence-electron chi connectivity index (χ3n) is 5.44. The van der Waals surface area contributed by atoms with E-state index in [9.17, 15) is 23.3 Å². The number of sulfonamides is 1. The number of nitrogens with one attached hydrogen (secondary N) is 1. The zero-order valence-electron chi connectivity index (χ0n) is 16.6. The predicted octanol–water partition coefficient (Wildman–Crippen LogP) is 3.79. The molecule has 8 nitrogen and oxygen atoms in total. The van der Waals surface area contributed by atoms with Gasteiger partial charge in [0.15, 0.2) is 0 Å². The Kier molecular flexibility index (Phi) is 5.71. The average Bonchev–Trinajstić information content (AvgIpc) is 2.79. The summed E-state index contributed by atoms with van der Waals surface area (Å²) in [5.41, 5.74) is 0.190. The molecule has 1 aliphatic heterocycles. The van der Waals surface area contributed by atoms with Crippen LogP contribution in [-0.2, 0) is 14.8 Å². The summed E-state index contributed by atoms with van der Waals surface area (Å²) < 4.78 is 27.7. The minimum Gasteiger partial charge on any atom is -0.326 e. The Bertz CT molecular complexity index is 1260. The second-order valence-corrected chi connectivity index (χ2v) is 9.45. The van der Waals surface area contributed by atoms with E-state index in [1.54, 1.807) is 24.3 Å². The number of nitro benzene ring substituents is 1. The molecule has 1 atom stereocenters. The Labute approximate surface area is 179 Å². The van der Waals surface area contributed by atoms with Gasteiger partial charge in [-0.3, -0.25) is 14.9 Å². The third-order valence-corrected chi connectivity index (χ3v) is 7.30. The molecule has 4 rings (SSSR count). The fourth-order valence-corrected chi connectivity index (χ4v) is 5.35. The molecule has 0 radical (unpaired) electrons. The molecule has 1 amide bonds. The SMILES string of the molecule is O=C(Nc1cccc([N+](=O)[O-])c1)[C@H]1CCCN(S(=O)(=O)c2ccc3ccccc3c2)C1. The summed E-state index contributed by atoms with van der Waals surface area (Å²) in [4.78, 5) is 23.3. The number of benzene rings is 3. The van der Waals surface area contributed by atoms with Gasteiger partial charge in [-0.25, -0.2) is 8.42 Å². The number of nitrogens with zero attached hydrogens (tertiary/aromatic N) is 2. The van der Waals surface area contributed by atoms with Crippen molar-refractivity contribution in [2.75, 3.05) is 18.4 Å². The highest BCUT2D eigenvalue weighted by Crippen LogP contribution is 2.27. The lowest BCUT2D eigenvalue weighted by Gasteiger charge is -2.31. The number of amides is 1. The van der Waals surface area contributed by atoms with Crippen LogP contribution in [0.5, 0.6) is 0 Å². The molecular formula is C22H21N3O5S. The second-order valence-electron chi connectivity index (χ2n) is 7.51. The van der Waals surface area contributed by atoms with E-state index in [1.165, 1.54) is 22.5 Å². The van der Waals surface area contributed by atoms with Gasteiger partial charge >= 0.3 is 0 Å². The van der Waals surface area contributed by atoms with Crippen LogP contribution < -0.4 is 5.32 Å². The number of hydrogen-bond acceptors (Lipinski definition) is 5. The van der Waals surface area contributed by atoms with E-state index in [4.69, 9.17) is 0 Å². The number of rotatable bonds is 5. The summed E-state index contributed by atoms with van der Waals surface area (Å²) in [6.07, 6.45) is 1.10. The lowest BCUT2D eigenvalue weighted by Crippen LogP contribution is -2.43. The van der Waals surface area contributed by atoms with E-state index < -0.39 is 20.9 Å². The van der Waals surface area contributed by atoms with Crippen molar-refractivity contribution in [2.45, 2.75) is 17.7 Å². The van der Waals surface area contributed by atoms with Gasteiger partial charge in [-0.1, -0.05) is 36.4 Å². The van der Waals surface area contributed by atoms with Crippen LogP contribution in [0, 0.1) is 16.0 Å². The summed E-state index contributed by atoms with van der Waals surface area (Å²) in [7, 11) is -3.75. The molecule has 160 valence electrons. The van der Waals surface area contributed by atoms with Crippen molar-refractivity contribution >= 4 is 38.1 Å². The number of non-ortho nitro benzene ring substituents is 1. The first-order valence-electron chi connectivity index (χ1n) is 9.89. The smallest absolute Gasteiger partial charge is 0.271 e. The molecule has 1 N–H and O–H groups in total. The lowest BCUT2D eigenvalue weighted by atomic mass is 9.98. The van der Waals surface area contributed by atoms with Gasteiger partial charge in [-0.15, -0.1) is 0 Å². The third kappa shape index (κ3) is 4.42. The highest BCUT2D eigenvalue weighted by molar-refractivity contribution is 7.89. The maximum atomic E-state index is 13.2. The number of hydrogen-bond donors (Lipinski definition) is 1. The molecule has 0 spiro atoms. The first kappa shape index (κ1) is 21.0. The molecular weight excluding hydrogens is 418 g/mol. The summed E-state index contributed by atoms with van der Waals surface area (Å²) in [5.74, 6) is -0.887. The topological polar surface area (TPSA) is 110 Å². The molecule has 1 saturated heterocycles. The maximum Gasteiger partial charge on any atom is 0.271 e. The van der Waals surface area contributed by atoms with E-state index >= 15 is 0 Å². The first-order valence-corrected chi connectivity index (χ1v) is 11.3. The van der Waals surface area contributed by atoms with Crippen LogP contribution in [0.1, 0.15) is 12.8 Å². The molecule has 0 bridgehead atoms. The van der Waals surface area contributed by atoms with Gasteiger partial charge in [-0.2, -0.15) is 4.31 Å². The molecule has 0 unspecified atom stereocenters. The van der Waals surface area contributed by atoms with E-state index in [1.807, 2.05) is 24.3 Å². The van der Waals surface area contributed by atoms with Crippen molar-refractivity contribution in [1.82, 2.24) is 4.31 Å². The van der Waals surface area contributed by atoms with E-state index in [2.05, 4.69) is 5.32 Å². The predicted molar refractivity (Wildman–Crippen MR) is 117 cm³/mol. The normalized spacial score (nSPS) is 17.4. The molecule has 31 heavy (non-hydrogen) atoms. The largest absolute Gasteiger partial charge is 0.326 e. The van der Waals surface area contributed by atoms with Crippen LogP contribution in [0.15, 0.2) is 71.6 Å². The Morgan fingerprint density at radius 2 is 1.81 bits per heavy atom. The van der Waals surface area contributed by atoms with Gasteiger partial charge in [0.25, 0.3) is 5.69 Å². The Hall–Kier alpha value is -3.30. The van der Waals surface area contributed by atoms with E-state index in [0.29, 0.717) is 25.1 Å². The summed E-state index contributed by atoms with van der Waals surface area (Å²) in [5, 5.41) is 15.4. The molecule has 1 heterocycles. The van der Waals surface area contributed by atoms with Crippen molar-refractivity contribution in [2.24, 2.45) is 5.92 Å². The van der Waals surface area contributed by atoms with Crippen LogP contribution in [0.3, 0.4) is 0 Å². The Morgan fingerprint density at radius 3 is 2.58 bits per heavy atom. The zero-order chi connectivity index (χ0) is 22.0. The van der Waals surface area contributed by atoms with Crippen molar-refractivity contribution in [3.63, 3.8) is 0 Å². The highest BCUT2D eigenvalue weighted by atomic mass is 32.2. The van der Waals surface area contributed by atoms with Gasteiger partial charge in [0.2, 0.25) is 15.9 Å². The highest BCUT2D eigenvalue weighted by Gasteiger charge is 2.33. The van der Waals surface area contributed by atoms with Crippen LogP contribution in [0.25, 0.3) is 10.8 Å². The van der Waals surface area contributed by atoms with E-state index in [-0.39, 0.29) is 23.0 Å². The molecule has 1 fully saturated rings. The number of anilines is 1. The summed E-state index contributed by atoms with van der Waals surface area (Å²) >= 11 is 0. The lowest BCUT2D eigenvalue weighted by molar-refractivity contribution is -0.384. The zero-order valence-corrected chi connectivity index (χ0v) is 17.4. The minimum atomic E-state index is -3.75. The number of carbonyl (C=O) groups excluding carboxylic acids is 1. The Morgan fingerprint density at radius 1 is 1.03 bits per heavy atom. The van der Waals surface area contributed by atoms with Gasteiger partial charge in [0.1, 0.15) is 0 Å². The monoisotopic (exact) mass is 439 g/mol. The molecule has 0 aliphatic carbocycles. The molecule has 3 aromatic carbocycles. The fourth-order valence-electron chi connectivity index (χ4n) is 3.79. The molecule has 0 aromatic heterocycles. The van der Waals surface area contributed by atoms with Gasteiger partial charge in [-0.05, 0) is 41.8 Å². The van der Waals surface area contributed by atoms with E-state index in [0.717, 1.165) is 10.8 Å². The van der Waals surface area contributed by atoms with Crippen LogP contribution in [0.4, 0.5) is 11.4 Å².